The summed E-state index contributed by atoms with van der Waals surface area (Å²) in [6, 6.07) is 13.2. The van der Waals surface area contributed by atoms with Gasteiger partial charge in [-0.15, -0.1) is 0 Å². The maximum Gasteiger partial charge on any atom is 0.194 e. The number of hydrogen-bond acceptors (Lipinski definition) is 7. The van der Waals surface area contributed by atoms with Crippen molar-refractivity contribution in [2.24, 2.45) is 5.73 Å². The number of hydrogen-bond donors (Lipinski definition) is 2. The highest BCUT2D eigenvalue weighted by atomic mass is 16.5. The number of benzene rings is 2. The normalized spacial score (nSPS) is 12.1. The number of aryl methyl sites for hydroxylation is 1. The fourth-order valence-electron chi connectivity index (χ4n) is 3.53. The van der Waals surface area contributed by atoms with Crippen LogP contribution in [0.5, 0.6) is 11.5 Å². The molecule has 3 aromatic carbocycles. The van der Waals surface area contributed by atoms with Gasteiger partial charge in [-0.25, -0.2) is 9.97 Å². The first-order valence-corrected chi connectivity index (χ1v) is 9.87. The van der Waals surface area contributed by atoms with Gasteiger partial charge in [-0.3, -0.25) is 4.79 Å². The van der Waals surface area contributed by atoms with E-state index in [0.717, 1.165) is 33.2 Å². The van der Waals surface area contributed by atoms with E-state index in [9.17, 15) is 4.79 Å². The van der Waals surface area contributed by atoms with Gasteiger partial charge in [-0.05, 0) is 49.2 Å². The molecule has 0 saturated carbocycles. The van der Waals surface area contributed by atoms with Crippen LogP contribution in [0.2, 0.25) is 0 Å². The lowest BCUT2D eigenvalue weighted by Crippen LogP contribution is -2.08. The summed E-state index contributed by atoms with van der Waals surface area (Å²) in [5.41, 5.74) is 10.3. The number of nitrogens with one attached hydrogen (secondary N) is 1. The fourth-order valence-corrected chi connectivity index (χ4v) is 3.53. The largest absolute Gasteiger partial charge is 0.493 e. The average Bonchev–Trinajstić information content (AvgIpc) is 3.40. The topological polar surface area (TPSA) is 99.4 Å². The number of nitrogens with two attached hydrogens (primary N) is 1. The van der Waals surface area contributed by atoms with Gasteiger partial charge >= 0.3 is 0 Å². The lowest BCUT2D eigenvalue weighted by Gasteiger charge is -2.14. The third kappa shape index (κ3) is 4.07. The monoisotopic (exact) mass is 416 g/mol. The Balaban J connectivity index is 1.65. The van der Waals surface area contributed by atoms with Gasteiger partial charge in [0.2, 0.25) is 0 Å². The Bertz CT molecular complexity index is 1310. The number of anilines is 1. The van der Waals surface area contributed by atoms with Crippen LogP contribution in [-0.4, -0.2) is 24.2 Å². The zero-order valence-corrected chi connectivity index (χ0v) is 17.9. The van der Waals surface area contributed by atoms with Crippen LogP contribution in [0.25, 0.3) is 16.3 Å². The van der Waals surface area contributed by atoms with E-state index in [1.54, 1.807) is 14.2 Å². The Hall–Kier alpha value is -3.87. The Morgan fingerprint density at radius 1 is 1.00 bits per heavy atom. The van der Waals surface area contributed by atoms with Crippen LogP contribution in [0, 0.1) is 6.92 Å². The molecule has 0 bridgehead atoms. The van der Waals surface area contributed by atoms with Gasteiger partial charge < -0.3 is 20.5 Å². The summed E-state index contributed by atoms with van der Waals surface area (Å²) in [6.07, 6.45) is 0. The molecule has 4 aromatic rings. The molecule has 3 N–H and O–H groups in total. The molecule has 1 aromatic heterocycles. The van der Waals surface area contributed by atoms with Gasteiger partial charge in [0.1, 0.15) is 5.82 Å². The molecule has 1 heterocycles. The van der Waals surface area contributed by atoms with Crippen molar-refractivity contribution in [1.29, 1.82) is 0 Å². The predicted molar refractivity (Wildman–Crippen MR) is 122 cm³/mol. The smallest absolute Gasteiger partial charge is 0.194 e. The molecular weight excluding hydrogens is 392 g/mol. The molecule has 0 fully saturated rings. The summed E-state index contributed by atoms with van der Waals surface area (Å²) in [5.74, 6) is 2.43. The molecule has 0 aliphatic carbocycles. The van der Waals surface area contributed by atoms with Crippen LogP contribution in [0.3, 0.4) is 0 Å². The zero-order valence-electron chi connectivity index (χ0n) is 17.9. The van der Waals surface area contributed by atoms with Crippen molar-refractivity contribution in [3.8, 4) is 11.5 Å². The summed E-state index contributed by atoms with van der Waals surface area (Å²) in [5, 5.41) is 4.94. The lowest BCUT2D eigenvalue weighted by molar-refractivity contribution is 0.355. The first-order valence-electron chi connectivity index (χ1n) is 9.87. The molecule has 0 atom stereocenters. The zero-order chi connectivity index (χ0) is 22.1. The molecule has 4 rings (SSSR count). The molecule has 31 heavy (non-hydrogen) atoms. The Morgan fingerprint density at radius 3 is 2.45 bits per heavy atom. The van der Waals surface area contributed by atoms with E-state index in [2.05, 4.69) is 10.3 Å². The average molecular weight is 416 g/mol. The van der Waals surface area contributed by atoms with Crippen molar-refractivity contribution in [2.75, 3.05) is 19.5 Å². The molecular formula is C24H24N4O3. The molecule has 0 aliphatic heterocycles. The second-order valence-electron chi connectivity index (χ2n) is 7.41. The molecule has 0 aliphatic rings. The van der Waals surface area contributed by atoms with Crippen LogP contribution >= 0.6 is 0 Å². The van der Waals surface area contributed by atoms with Crippen molar-refractivity contribution in [2.45, 2.75) is 20.4 Å². The minimum atomic E-state index is 0.134. The van der Waals surface area contributed by atoms with E-state index in [1.165, 1.54) is 0 Å². The highest BCUT2D eigenvalue weighted by Crippen LogP contribution is 2.33. The number of allylic oxidation sites excluding steroid dienone is 1. The second kappa shape index (κ2) is 8.10. The lowest BCUT2D eigenvalue weighted by atomic mass is 10.0. The number of aromatic nitrogens is 2. The van der Waals surface area contributed by atoms with Crippen LogP contribution in [0.15, 0.2) is 53.0 Å². The maximum atomic E-state index is 11.5. The Kier molecular flexibility index (Phi) is 5.33. The molecule has 0 radical (unpaired) electrons. The van der Waals surface area contributed by atoms with Crippen LogP contribution < -0.4 is 26.0 Å². The minimum Gasteiger partial charge on any atom is -0.493 e. The standard InChI is InChI=1S/C24H24N4O3/c1-13-9-21(26-12-15-5-7-17-18(10-15)23(17)29)28-24(27-13)22(14(2)25)16-6-8-19(30-3)20(11-16)31-4/h5-11H,12,25H2,1-4H3,(H,26,27,28). The summed E-state index contributed by atoms with van der Waals surface area (Å²) in [7, 11) is 3.19. The molecule has 0 spiro atoms. The van der Waals surface area contributed by atoms with Crippen molar-refractivity contribution in [3.05, 3.63) is 81.0 Å². The molecule has 0 amide bonds. The molecule has 7 nitrogen and oxygen atoms in total. The van der Waals surface area contributed by atoms with Crippen molar-refractivity contribution in [1.82, 2.24) is 9.97 Å². The number of fused-ring (bicyclic) bond motifs is 1. The fraction of sp³-hybridized carbons (Fsp3) is 0.208. The van der Waals surface area contributed by atoms with Crippen molar-refractivity contribution < 1.29 is 9.47 Å². The molecule has 7 heteroatoms. The van der Waals surface area contributed by atoms with Crippen LogP contribution in [0.1, 0.15) is 29.6 Å². The van der Waals surface area contributed by atoms with Gasteiger partial charge in [0, 0.05) is 40.3 Å². The molecule has 158 valence electrons. The van der Waals surface area contributed by atoms with E-state index in [4.69, 9.17) is 20.2 Å². The summed E-state index contributed by atoms with van der Waals surface area (Å²) < 4.78 is 10.8. The first kappa shape index (κ1) is 20.4. The number of methoxy groups -OCH3 is 2. The Morgan fingerprint density at radius 2 is 1.77 bits per heavy atom. The van der Waals surface area contributed by atoms with Crippen molar-refractivity contribution in [3.63, 3.8) is 0 Å². The van der Waals surface area contributed by atoms with Crippen LogP contribution in [-0.2, 0) is 6.54 Å². The Labute approximate surface area is 180 Å². The first-order chi connectivity index (χ1) is 14.9. The van der Waals surface area contributed by atoms with Crippen LogP contribution in [0.4, 0.5) is 5.82 Å². The SMILES string of the molecule is COc1ccc(C(=C(C)N)c2nc(C)cc(NCc3ccc4c(=O)c4c3)n2)cc1OC. The summed E-state index contributed by atoms with van der Waals surface area (Å²) >= 11 is 0. The number of ether oxygens (including phenoxy) is 2. The third-order valence-corrected chi connectivity index (χ3v) is 5.13. The number of nitrogens with zero attached hydrogens (tertiary/aromatic N) is 2. The predicted octanol–water partition coefficient (Wildman–Crippen LogP) is 3.54. The maximum absolute atomic E-state index is 11.5. The molecule has 0 unspecified atom stereocenters. The minimum absolute atomic E-state index is 0.134. The van der Waals surface area contributed by atoms with E-state index in [-0.39, 0.29) is 5.43 Å². The van der Waals surface area contributed by atoms with Gasteiger partial charge in [0.25, 0.3) is 0 Å². The highest BCUT2D eigenvalue weighted by Gasteiger charge is 2.16. The molecule has 0 saturated heterocycles. The summed E-state index contributed by atoms with van der Waals surface area (Å²) in [6.45, 7) is 4.28. The van der Waals surface area contributed by atoms with E-state index < -0.39 is 0 Å². The van der Waals surface area contributed by atoms with Crippen molar-refractivity contribution >= 4 is 22.2 Å². The third-order valence-electron chi connectivity index (χ3n) is 5.13. The second-order valence-corrected chi connectivity index (χ2v) is 7.41. The highest BCUT2D eigenvalue weighted by molar-refractivity contribution is 5.97. The van der Waals surface area contributed by atoms with Gasteiger partial charge in [-0.2, -0.15) is 0 Å². The van der Waals surface area contributed by atoms with Gasteiger partial charge in [-0.1, -0.05) is 12.1 Å². The van der Waals surface area contributed by atoms with E-state index >= 15 is 0 Å². The number of rotatable bonds is 7. The van der Waals surface area contributed by atoms with Gasteiger partial charge in [0.05, 0.1) is 14.2 Å². The van der Waals surface area contributed by atoms with E-state index in [1.807, 2.05) is 56.3 Å². The quantitative estimate of drug-likeness (QED) is 0.475. The van der Waals surface area contributed by atoms with E-state index in [0.29, 0.717) is 35.4 Å². The summed E-state index contributed by atoms with van der Waals surface area (Å²) in [4.78, 5) is 20.9. The van der Waals surface area contributed by atoms with Gasteiger partial charge in [0.15, 0.2) is 22.8 Å².